The summed E-state index contributed by atoms with van der Waals surface area (Å²) in [4.78, 5) is 0. The molecule has 0 aliphatic heterocycles. The van der Waals surface area contributed by atoms with Crippen LogP contribution in [0.4, 0.5) is 5.69 Å². The van der Waals surface area contributed by atoms with Crippen LogP contribution in [0.15, 0.2) is 48.5 Å². The lowest BCUT2D eigenvalue weighted by atomic mass is 10.1. The third-order valence-corrected chi connectivity index (χ3v) is 4.56. The first-order valence-corrected chi connectivity index (χ1v) is 8.55. The van der Waals surface area contributed by atoms with E-state index in [1.165, 1.54) is 5.56 Å². The average Bonchev–Trinajstić information content (AvgIpc) is 2.47. The van der Waals surface area contributed by atoms with Crippen LogP contribution in [-0.4, -0.2) is 8.42 Å². The van der Waals surface area contributed by atoms with Gasteiger partial charge in [-0.05, 0) is 35.2 Å². The van der Waals surface area contributed by atoms with Gasteiger partial charge < -0.3 is 5.73 Å². The first kappa shape index (κ1) is 15.5. The molecule has 0 fully saturated rings. The second kappa shape index (κ2) is 6.74. The Morgan fingerprint density at radius 1 is 1.00 bits per heavy atom. The Hall–Kier alpha value is -1.85. The number of hydrogen-bond donors (Lipinski definition) is 2. The van der Waals surface area contributed by atoms with E-state index < -0.39 is 10.0 Å². The van der Waals surface area contributed by atoms with E-state index in [9.17, 15) is 8.42 Å². The molecule has 0 aliphatic carbocycles. The van der Waals surface area contributed by atoms with Gasteiger partial charge in [-0.3, -0.25) is 4.72 Å². The SMILES string of the molecule is CCc1ccc(NS(=O)(=O)Cc2ccccc2CN)cc1. The lowest BCUT2D eigenvalue weighted by Gasteiger charge is -2.11. The zero-order chi connectivity index (χ0) is 15.3. The number of benzene rings is 2. The highest BCUT2D eigenvalue weighted by atomic mass is 32.2. The molecular weight excluding hydrogens is 284 g/mol. The number of hydrogen-bond acceptors (Lipinski definition) is 3. The van der Waals surface area contributed by atoms with Crippen molar-refractivity contribution in [3.63, 3.8) is 0 Å². The molecule has 2 aromatic rings. The first-order chi connectivity index (χ1) is 10.0. The Kier molecular flexibility index (Phi) is 4.98. The molecule has 0 heterocycles. The van der Waals surface area contributed by atoms with Gasteiger partial charge in [-0.1, -0.05) is 43.3 Å². The maximum atomic E-state index is 12.2. The standard InChI is InChI=1S/C16H20N2O2S/c1-2-13-7-9-16(10-8-13)18-21(19,20)12-15-6-4-3-5-14(15)11-17/h3-10,18H,2,11-12,17H2,1H3. The molecule has 21 heavy (non-hydrogen) atoms. The molecule has 0 aliphatic rings. The summed E-state index contributed by atoms with van der Waals surface area (Å²) in [6.45, 7) is 2.39. The third kappa shape index (κ3) is 4.31. The van der Waals surface area contributed by atoms with Crippen molar-refractivity contribution >= 4 is 15.7 Å². The van der Waals surface area contributed by atoms with Crippen molar-refractivity contribution in [2.24, 2.45) is 5.73 Å². The fourth-order valence-electron chi connectivity index (χ4n) is 2.13. The molecule has 3 N–H and O–H groups in total. The normalized spacial score (nSPS) is 11.3. The number of aryl methyl sites for hydroxylation is 1. The fourth-order valence-corrected chi connectivity index (χ4v) is 3.38. The van der Waals surface area contributed by atoms with Gasteiger partial charge in [0.05, 0.1) is 5.75 Å². The average molecular weight is 304 g/mol. The van der Waals surface area contributed by atoms with Gasteiger partial charge in [-0.15, -0.1) is 0 Å². The number of nitrogens with two attached hydrogens (primary N) is 1. The third-order valence-electron chi connectivity index (χ3n) is 3.32. The molecule has 2 aromatic carbocycles. The maximum absolute atomic E-state index is 12.2. The zero-order valence-corrected chi connectivity index (χ0v) is 12.9. The first-order valence-electron chi connectivity index (χ1n) is 6.90. The van der Waals surface area contributed by atoms with Gasteiger partial charge in [0.15, 0.2) is 0 Å². The van der Waals surface area contributed by atoms with Crippen molar-refractivity contribution in [3.8, 4) is 0 Å². The fraction of sp³-hybridized carbons (Fsp3) is 0.250. The number of rotatable bonds is 6. The molecule has 0 spiro atoms. The molecular formula is C16H20N2O2S. The van der Waals surface area contributed by atoms with Crippen LogP contribution in [0.1, 0.15) is 23.6 Å². The molecule has 0 saturated heterocycles. The molecule has 0 aromatic heterocycles. The largest absolute Gasteiger partial charge is 0.326 e. The summed E-state index contributed by atoms with van der Waals surface area (Å²) >= 11 is 0. The molecule has 0 unspecified atom stereocenters. The summed E-state index contributed by atoms with van der Waals surface area (Å²) in [6.07, 6.45) is 0.927. The van der Waals surface area contributed by atoms with E-state index in [-0.39, 0.29) is 5.75 Å². The van der Waals surface area contributed by atoms with Gasteiger partial charge in [0.25, 0.3) is 0 Å². The van der Waals surface area contributed by atoms with Gasteiger partial charge in [0, 0.05) is 12.2 Å². The Morgan fingerprint density at radius 3 is 2.19 bits per heavy atom. The van der Waals surface area contributed by atoms with E-state index in [0.717, 1.165) is 17.5 Å². The molecule has 0 bridgehead atoms. The summed E-state index contributed by atoms with van der Waals surface area (Å²) in [6, 6.07) is 14.7. The summed E-state index contributed by atoms with van der Waals surface area (Å²) in [5.74, 6) is -0.0735. The van der Waals surface area contributed by atoms with Crippen LogP contribution in [0.5, 0.6) is 0 Å². The van der Waals surface area contributed by atoms with E-state index in [4.69, 9.17) is 5.73 Å². The number of nitrogens with one attached hydrogen (secondary N) is 1. The van der Waals surface area contributed by atoms with Crippen LogP contribution in [0, 0.1) is 0 Å². The van der Waals surface area contributed by atoms with Crippen LogP contribution in [0.3, 0.4) is 0 Å². The number of anilines is 1. The van der Waals surface area contributed by atoms with Gasteiger partial charge in [0.2, 0.25) is 10.0 Å². The number of sulfonamides is 1. The maximum Gasteiger partial charge on any atom is 0.236 e. The van der Waals surface area contributed by atoms with E-state index in [2.05, 4.69) is 11.6 Å². The smallest absolute Gasteiger partial charge is 0.236 e. The van der Waals surface area contributed by atoms with E-state index in [1.54, 1.807) is 18.2 Å². The van der Waals surface area contributed by atoms with Gasteiger partial charge in [-0.25, -0.2) is 8.42 Å². The minimum Gasteiger partial charge on any atom is -0.326 e. The van der Waals surface area contributed by atoms with Crippen LogP contribution in [-0.2, 0) is 28.7 Å². The Balaban J connectivity index is 2.14. The van der Waals surface area contributed by atoms with Crippen molar-refractivity contribution < 1.29 is 8.42 Å². The van der Waals surface area contributed by atoms with Crippen molar-refractivity contribution in [3.05, 3.63) is 65.2 Å². The van der Waals surface area contributed by atoms with Crippen LogP contribution >= 0.6 is 0 Å². The van der Waals surface area contributed by atoms with Crippen LogP contribution in [0.25, 0.3) is 0 Å². The quantitative estimate of drug-likeness (QED) is 0.861. The molecule has 0 atom stereocenters. The molecule has 112 valence electrons. The van der Waals surface area contributed by atoms with Crippen molar-refractivity contribution in [2.45, 2.75) is 25.6 Å². The summed E-state index contributed by atoms with van der Waals surface area (Å²) in [7, 11) is -3.45. The van der Waals surface area contributed by atoms with Crippen molar-refractivity contribution in [1.29, 1.82) is 0 Å². The highest BCUT2D eigenvalue weighted by Gasteiger charge is 2.13. The predicted octanol–water partition coefficient (Wildman–Crippen LogP) is 2.65. The monoisotopic (exact) mass is 304 g/mol. The lowest BCUT2D eigenvalue weighted by molar-refractivity contribution is 0.600. The topological polar surface area (TPSA) is 72.2 Å². The van der Waals surface area contributed by atoms with E-state index in [1.807, 2.05) is 30.3 Å². The molecule has 0 saturated carbocycles. The predicted molar refractivity (Wildman–Crippen MR) is 86.4 cm³/mol. The van der Waals surface area contributed by atoms with Gasteiger partial charge >= 0.3 is 0 Å². The van der Waals surface area contributed by atoms with Crippen LogP contribution < -0.4 is 10.5 Å². The van der Waals surface area contributed by atoms with Crippen molar-refractivity contribution in [2.75, 3.05) is 4.72 Å². The van der Waals surface area contributed by atoms with E-state index in [0.29, 0.717) is 12.2 Å². The lowest BCUT2D eigenvalue weighted by Crippen LogP contribution is -2.16. The Morgan fingerprint density at radius 2 is 1.62 bits per heavy atom. The van der Waals surface area contributed by atoms with Gasteiger partial charge in [-0.2, -0.15) is 0 Å². The summed E-state index contributed by atoms with van der Waals surface area (Å²) in [5, 5.41) is 0. The molecule has 0 radical (unpaired) electrons. The molecule has 2 rings (SSSR count). The van der Waals surface area contributed by atoms with Gasteiger partial charge in [0.1, 0.15) is 0 Å². The highest BCUT2D eigenvalue weighted by molar-refractivity contribution is 7.91. The van der Waals surface area contributed by atoms with E-state index >= 15 is 0 Å². The highest BCUT2D eigenvalue weighted by Crippen LogP contribution is 2.16. The van der Waals surface area contributed by atoms with Crippen molar-refractivity contribution in [1.82, 2.24) is 0 Å². The second-order valence-corrected chi connectivity index (χ2v) is 6.61. The minimum absolute atomic E-state index is 0.0735. The molecule has 4 nitrogen and oxygen atoms in total. The Bertz CT molecular complexity index is 694. The Labute approximate surface area is 126 Å². The molecule has 0 amide bonds. The zero-order valence-electron chi connectivity index (χ0n) is 12.0. The second-order valence-electron chi connectivity index (χ2n) is 4.88. The minimum atomic E-state index is -3.45. The van der Waals surface area contributed by atoms with Crippen LogP contribution in [0.2, 0.25) is 0 Å². The molecule has 5 heteroatoms. The summed E-state index contributed by atoms with van der Waals surface area (Å²) in [5.41, 5.74) is 8.98. The summed E-state index contributed by atoms with van der Waals surface area (Å²) < 4.78 is 27.1.